The third-order valence-electron chi connectivity index (χ3n) is 2.37. The summed E-state index contributed by atoms with van der Waals surface area (Å²) >= 11 is 1.20. The summed E-state index contributed by atoms with van der Waals surface area (Å²) < 4.78 is 5.05. The van der Waals surface area contributed by atoms with Crippen LogP contribution in [-0.2, 0) is 11.3 Å². The van der Waals surface area contributed by atoms with Gasteiger partial charge in [0.2, 0.25) is 0 Å². The molecule has 0 atom stereocenters. The van der Waals surface area contributed by atoms with Crippen LogP contribution in [0.1, 0.15) is 5.56 Å². The lowest BCUT2D eigenvalue weighted by Gasteiger charge is -2.10. The molecule has 0 amide bonds. The number of thioether (sulfide) groups is 1. The lowest BCUT2D eigenvalue weighted by Crippen LogP contribution is -2.15. The average Bonchev–Trinajstić information content (AvgIpc) is 2.43. The van der Waals surface area contributed by atoms with E-state index in [0.717, 1.165) is 11.3 Å². The first-order valence-electron chi connectivity index (χ1n) is 5.40. The van der Waals surface area contributed by atoms with E-state index in [2.05, 4.69) is 5.32 Å². The van der Waals surface area contributed by atoms with Gasteiger partial charge in [-0.05, 0) is 24.0 Å². The fourth-order valence-electron chi connectivity index (χ4n) is 1.38. The molecular formula is C13H14N2O3S. The van der Waals surface area contributed by atoms with Crippen LogP contribution in [0.4, 0.5) is 0 Å². The molecule has 1 aromatic rings. The van der Waals surface area contributed by atoms with E-state index in [4.69, 9.17) is 15.1 Å². The second-order valence-corrected chi connectivity index (χ2v) is 4.34. The molecule has 0 unspecified atom stereocenters. The number of hydrogen-bond acceptors (Lipinski definition) is 5. The van der Waals surface area contributed by atoms with Crippen molar-refractivity contribution >= 4 is 17.7 Å². The highest BCUT2D eigenvalue weighted by atomic mass is 32.2. The quantitative estimate of drug-likeness (QED) is 0.611. The van der Waals surface area contributed by atoms with Crippen molar-refractivity contribution in [3.05, 3.63) is 40.4 Å². The van der Waals surface area contributed by atoms with Gasteiger partial charge in [-0.15, -0.1) is 11.8 Å². The Morgan fingerprint density at radius 1 is 1.47 bits per heavy atom. The molecule has 0 aliphatic carbocycles. The summed E-state index contributed by atoms with van der Waals surface area (Å²) in [5.74, 6) is -0.471. The zero-order valence-electron chi connectivity index (χ0n) is 10.6. The SMILES string of the molecule is COc1ccc(CNC(SC)=C(C#N)C(=O)O)cc1. The molecule has 0 spiro atoms. The topological polar surface area (TPSA) is 82.3 Å². The normalized spacial score (nSPS) is 11.2. The molecule has 0 aliphatic rings. The molecule has 0 saturated heterocycles. The van der Waals surface area contributed by atoms with Crippen LogP contribution in [0, 0.1) is 11.3 Å². The van der Waals surface area contributed by atoms with Gasteiger partial charge in [0.05, 0.1) is 12.1 Å². The number of aliphatic carboxylic acids is 1. The molecule has 0 saturated carbocycles. The molecule has 5 nitrogen and oxygen atoms in total. The highest BCUT2D eigenvalue weighted by Gasteiger charge is 2.13. The van der Waals surface area contributed by atoms with E-state index >= 15 is 0 Å². The molecule has 100 valence electrons. The van der Waals surface area contributed by atoms with Crippen LogP contribution in [0.25, 0.3) is 0 Å². The molecular weight excluding hydrogens is 264 g/mol. The van der Waals surface area contributed by atoms with Gasteiger partial charge < -0.3 is 15.2 Å². The summed E-state index contributed by atoms with van der Waals surface area (Å²) in [7, 11) is 1.59. The van der Waals surface area contributed by atoms with Crippen molar-refractivity contribution < 1.29 is 14.6 Å². The van der Waals surface area contributed by atoms with E-state index in [1.807, 2.05) is 24.3 Å². The predicted octanol–water partition coefficient (Wildman–Crippen LogP) is 1.97. The lowest BCUT2D eigenvalue weighted by atomic mass is 10.2. The van der Waals surface area contributed by atoms with Gasteiger partial charge in [0.15, 0.2) is 5.57 Å². The zero-order chi connectivity index (χ0) is 14.3. The minimum absolute atomic E-state index is 0.277. The highest BCUT2D eigenvalue weighted by Crippen LogP contribution is 2.16. The minimum Gasteiger partial charge on any atom is -0.497 e. The summed E-state index contributed by atoms with van der Waals surface area (Å²) in [6, 6.07) is 9.07. The van der Waals surface area contributed by atoms with Gasteiger partial charge >= 0.3 is 5.97 Å². The largest absolute Gasteiger partial charge is 0.497 e. The van der Waals surface area contributed by atoms with Crippen LogP contribution in [0.3, 0.4) is 0 Å². The Kier molecular flexibility index (Phi) is 5.76. The number of rotatable bonds is 6. The Labute approximate surface area is 115 Å². The molecule has 0 bridgehead atoms. The number of carboxylic acids is 1. The van der Waals surface area contributed by atoms with Crippen molar-refractivity contribution in [2.24, 2.45) is 0 Å². The fourth-order valence-corrected chi connectivity index (χ4v) is 1.94. The van der Waals surface area contributed by atoms with Gasteiger partial charge in [0.25, 0.3) is 0 Å². The number of nitrogens with one attached hydrogen (secondary N) is 1. The minimum atomic E-state index is -1.23. The van der Waals surface area contributed by atoms with Crippen molar-refractivity contribution in [1.29, 1.82) is 5.26 Å². The van der Waals surface area contributed by atoms with Crippen LogP contribution in [0.2, 0.25) is 0 Å². The van der Waals surface area contributed by atoms with Crippen molar-refractivity contribution in [2.75, 3.05) is 13.4 Å². The number of carbonyl (C=O) groups is 1. The monoisotopic (exact) mass is 278 g/mol. The Hall–Kier alpha value is -2.13. The maximum absolute atomic E-state index is 10.9. The summed E-state index contributed by atoms with van der Waals surface area (Å²) in [5.41, 5.74) is 0.691. The first-order valence-corrected chi connectivity index (χ1v) is 6.63. The Balaban J connectivity index is 2.78. The molecule has 0 aliphatic heterocycles. The number of nitriles is 1. The van der Waals surface area contributed by atoms with Gasteiger partial charge in [0.1, 0.15) is 11.8 Å². The van der Waals surface area contributed by atoms with Crippen LogP contribution >= 0.6 is 11.8 Å². The molecule has 6 heteroatoms. The van der Waals surface area contributed by atoms with E-state index in [1.54, 1.807) is 19.4 Å². The first kappa shape index (κ1) is 14.9. The maximum Gasteiger partial charge on any atom is 0.349 e. The van der Waals surface area contributed by atoms with Crippen LogP contribution in [0.5, 0.6) is 5.75 Å². The number of benzene rings is 1. The molecule has 1 rings (SSSR count). The number of ether oxygens (including phenoxy) is 1. The molecule has 0 radical (unpaired) electrons. The summed E-state index contributed by atoms with van der Waals surface area (Å²) in [4.78, 5) is 10.9. The number of nitrogens with zero attached hydrogens (tertiary/aromatic N) is 1. The van der Waals surface area contributed by atoms with Gasteiger partial charge in [-0.25, -0.2) is 4.79 Å². The fraction of sp³-hybridized carbons (Fsp3) is 0.231. The van der Waals surface area contributed by atoms with Crippen LogP contribution in [0.15, 0.2) is 34.9 Å². The maximum atomic E-state index is 10.9. The molecule has 0 fully saturated rings. The zero-order valence-corrected chi connectivity index (χ0v) is 11.5. The van der Waals surface area contributed by atoms with Crippen molar-refractivity contribution in [1.82, 2.24) is 5.32 Å². The Morgan fingerprint density at radius 3 is 2.53 bits per heavy atom. The van der Waals surface area contributed by atoms with Crippen molar-refractivity contribution in [2.45, 2.75) is 6.54 Å². The number of methoxy groups -OCH3 is 1. The average molecular weight is 278 g/mol. The second kappa shape index (κ2) is 7.34. The summed E-state index contributed by atoms with van der Waals surface area (Å²) in [6.07, 6.45) is 1.72. The van der Waals surface area contributed by atoms with Crippen LogP contribution in [-0.4, -0.2) is 24.4 Å². The third-order valence-corrected chi connectivity index (χ3v) is 3.13. The van der Waals surface area contributed by atoms with Crippen molar-refractivity contribution in [3.63, 3.8) is 0 Å². The smallest absolute Gasteiger partial charge is 0.349 e. The summed E-state index contributed by atoms with van der Waals surface area (Å²) in [6.45, 7) is 0.443. The number of carboxylic acid groups (broad SMARTS) is 1. The standard InChI is InChI=1S/C13H14N2O3S/c1-18-10-5-3-9(4-6-10)8-15-12(19-2)11(7-14)13(16)17/h3-6,15H,8H2,1-2H3,(H,16,17). The molecule has 0 heterocycles. The predicted molar refractivity (Wildman–Crippen MR) is 73.6 cm³/mol. The van der Waals surface area contributed by atoms with Crippen LogP contribution < -0.4 is 10.1 Å². The molecule has 19 heavy (non-hydrogen) atoms. The van der Waals surface area contributed by atoms with Gasteiger partial charge in [-0.1, -0.05) is 12.1 Å². The number of hydrogen-bond donors (Lipinski definition) is 2. The van der Waals surface area contributed by atoms with Gasteiger partial charge in [-0.2, -0.15) is 5.26 Å². The van der Waals surface area contributed by atoms with E-state index in [1.165, 1.54) is 11.8 Å². The first-order chi connectivity index (χ1) is 9.12. The van der Waals surface area contributed by atoms with E-state index in [-0.39, 0.29) is 5.57 Å². The van der Waals surface area contributed by atoms with Gasteiger partial charge in [-0.3, -0.25) is 0 Å². The summed E-state index contributed by atoms with van der Waals surface area (Å²) in [5, 5.41) is 21.0. The lowest BCUT2D eigenvalue weighted by molar-refractivity contribution is -0.132. The Morgan fingerprint density at radius 2 is 2.11 bits per heavy atom. The molecule has 2 N–H and O–H groups in total. The van der Waals surface area contributed by atoms with E-state index in [9.17, 15) is 4.79 Å². The van der Waals surface area contributed by atoms with Crippen molar-refractivity contribution in [3.8, 4) is 11.8 Å². The van der Waals surface area contributed by atoms with E-state index < -0.39 is 5.97 Å². The molecule has 0 aromatic heterocycles. The Bertz CT molecular complexity index is 518. The molecule has 1 aromatic carbocycles. The second-order valence-electron chi connectivity index (χ2n) is 3.53. The third kappa shape index (κ3) is 4.23. The van der Waals surface area contributed by atoms with Gasteiger partial charge in [0, 0.05) is 6.54 Å². The van der Waals surface area contributed by atoms with E-state index in [0.29, 0.717) is 11.6 Å². The highest BCUT2D eigenvalue weighted by molar-refractivity contribution is 8.02.